The molecule has 1 aliphatic rings. The van der Waals surface area contributed by atoms with Gasteiger partial charge >= 0.3 is 0 Å². The molecule has 2 N–H and O–H groups in total. The molecule has 1 saturated heterocycles. The minimum Gasteiger partial charge on any atom is -0.340 e. The van der Waals surface area contributed by atoms with Crippen molar-refractivity contribution in [3.63, 3.8) is 0 Å². The van der Waals surface area contributed by atoms with E-state index in [9.17, 15) is 9.59 Å². The van der Waals surface area contributed by atoms with Crippen molar-refractivity contribution >= 4 is 39.9 Å². The summed E-state index contributed by atoms with van der Waals surface area (Å²) < 4.78 is 1.52. The van der Waals surface area contributed by atoms with Crippen LogP contribution in [0.5, 0.6) is 0 Å². The van der Waals surface area contributed by atoms with Crippen molar-refractivity contribution in [2.75, 3.05) is 13.1 Å². The van der Waals surface area contributed by atoms with Crippen molar-refractivity contribution in [1.82, 2.24) is 14.5 Å². The van der Waals surface area contributed by atoms with Gasteiger partial charge in [0.05, 0.1) is 11.7 Å². The highest BCUT2D eigenvalue weighted by molar-refractivity contribution is 7.16. The predicted octanol–water partition coefficient (Wildman–Crippen LogP) is 1.47. The van der Waals surface area contributed by atoms with Crippen LogP contribution < -0.4 is 11.3 Å². The molecule has 0 bridgehead atoms. The second kappa shape index (κ2) is 7.42. The first kappa shape index (κ1) is 17.9. The van der Waals surface area contributed by atoms with Crippen LogP contribution in [0.25, 0.3) is 10.2 Å². The van der Waals surface area contributed by atoms with Crippen LogP contribution in [0.1, 0.15) is 19.8 Å². The van der Waals surface area contributed by atoms with Gasteiger partial charge in [-0.1, -0.05) is 0 Å². The van der Waals surface area contributed by atoms with E-state index in [1.165, 1.54) is 22.2 Å². The number of aryl methyl sites for hydroxylation is 1. The van der Waals surface area contributed by atoms with Crippen molar-refractivity contribution in [1.29, 1.82) is 0 Å². The SMILES string of the molecule is CC1CC(CN)CN1C(=O)CCn1cnc2sccc2c1=O.Cl. The number of nitrogens with two attached hydrogens (primary N) is 1. The molecule has 0 radical (unpaired) electrons. The zero-order valence-electron chi connectivity index (χ0n) is 13.0. The van der Waals surface area contributed by atoms with Crippen LogP contribution in [0.15, 0.2) is 22.6 Å². The highest BCUT2D eigenvalue weighted by Gasteiger charge is 2.31. The monoisotopic (exact) mass is 356 g/mol. The molecule has 23 heavy (non-hydrogen) atoms. The molecule has 3 rings (SSSR count). The van der Waals surface area contributed by atoms with Crippen LogP contribution in [-0.4, -0.2) is 39.5 Å². The Bertz CT molecular complexity index is 744. The van der Waals surface area contributed by atoms with E-state index in [-0.39, 0.29) is 29.9 Å². The third kappa shape index (κ3) is 3.57. The van der Waals surface area contributed by atoms with E-state index >= 15 is 0 Å². The number of thiophene rings is 1. The molecule has 0 aromatic carbocycles. The van der Waals surface area contributed by atoms with Crippen molar-refractivity contribution < 1.29 is 4.79 Å². The van der Waals surface area contributed by atoms with E-state index in [1.54, 1.807) is 6.07 Å². The van der Waals surface area contributed by atoms with Crippen molar-refractivity contribution in [2.45, 2.75) is 32.4 Å². The van der Waals surface area contributed by atoms with Gasteiger partial charge < -0.3 is 10.6 Å². The number of nitrogens with zero attached hydrogens (tertiary/aromatic N) is 3. The van der Waals surface area contributed by atoms with Crippen molar-refractivity contribution in [3.8, 4) is 0 Å². The van der Waals surface area contributed by atoms with Gasteiger partial charge in [0.1, 0.15) is 4.83 Å². The molecular formula is C15H21ClN4O2S. The Morgan fingerprint density at radius 3 is 3.00 bits per heavy atom. The lowest BCUT2D eigenvalue weighted by molar-refractivity contribution is -0.132. The molecule has 8 heteroatoms. The summed E-state index contributed by atoms with van der Waals surface area (Å²) in [5, 5.41) is 2.48. The van der Waals surface area contributed by atoms with Crippen LogP contribution in [0.4, 0.5) is 0 Å². The first-order chi connectivity index (χ1) is 10.6. The van der Waals surface area contributed by atoms with Gasteiger partial charge in [0.25, 0.3) is 5.56 Å². The fourth-order valence-electron chi connectivity index (χ4n) is 3.07. The second-order valence-electron chi connectivity index (χ2n) is 5.87. The molecule has 1 fully saturated rings. The number of halogens is 1. The van der Waals surface area contributed by atoms with Gasteiger partial charge in [-0.05, 0) is 37.3 Å². The van der Waals surface area contributed by atoms with Gasteiger partial charge in [-0.2, -0.15) is 0 Å². The Balaban J connectivity index is 0.00000192. The largest absolute Gasteiger partial charge is 0.340 e. The standard InChI is InChI=1S/C15H20N4O2S.ClH/c1-10-6-11(7-16)8-19(10)13(20)2-4-18-9-17-14-12(15(18)21)3-5-22-14;/h3,5,9-11H,2,4,6-8,16H2,1H3;1H. The van der Waals surface area contributed by atoms with E-state index in [2.05, 4.69) is 11.9 Å². The first-order valence-corrected chi connectivity index (χ1v) is 8.40. The minimum atomic E-state index is -0.0756. The quantitative estimate of drug-likeness (QED) is 0.899. The maximum Gasteiger partial charge on any atom is 0.262 e. The van der Waals surface area contributed by atoms with Gasteiger partial charge in [-0.15, -0.1) is 23.7 Å². The van der Waals surface area contributed by atoms with Crippen LogP contribution in [0, 0.1) is 5.92 Å². The molecule has 126 valence electrons. The summed E-state index contributed by atoms with van der Waals surface area (Å²) in [6.45, 7) is 3.77. The molecule has 3 heterocycles. The summed E-state index contributed by atoms with van der Waals surface area (Å²) in [5.41, 5.74) is 5.62. The van der Waals surface area contributed by atoms with Gasteiger partial charge in [-0.25, -0.2) is 4.98 Å². The number of likely N-dealkylation sites (tertiary alicyclic amines) is 1. The summed E-state index contributed by atoms with van der Waals surface area (Å²) in [6.07, 6.45) is 2.81. The lowest BCUT2D eigenvalue weighted by Gasteiger charge is -2.21. The van der Waals surface area contributed by atoms with E-state index in [1.807, 2.05) is 10.3 Å². The third-order valence-corrected chi connectivity index (χ3v) is 5.15. The summed E-state index contributed by atoms with van der Waals surface area (Å²) >= 11 is 1.45. The third-order valence-electron chi connectivity index (χ3n) is 4.33. The fourth-order valence-corrected chi connectivity index (χ4v) is 3.80. The summed E-state index contributed by atoms with van der Waals surface area (Å²) in [7, 11) is 0. The topological polar surface area (TPSA) is 81.2 Å². The number of hydrogen-bond acceptors (Lipinski definition) is 5. The minimum absolute atomic E-state index is 0. The van der Waals surface area contributed by atoms with Gasteiger partial charge in [0, 0.05) is 25.6 Å². The smallest absolute Gasteiger partial charge is 0.262 e. The molecule has 1 aliphatic heterocycles. The van der Waals surface area contributed by atoms with E-state index in [4.69, 9.17) is 5.73 Å². The highest BCUT2D eigenvalue weighted by atomic mass is 35.5. The van der Waals surface area contributed by atoms with Gasteiger partial charge in [0.2, 0.25) is 5.91 Å². The number of fused-ring (bicyclic) bond motifs is 1. The normalized spacial score (nSPS) is 20.7. The lowest BCUT2D eigenvalue weighted by atomic mass is 10.1. The Kier molecular flexibility index (Phi) is 5.78. The second-order valence-corrected chi connectivity index (χ2v) is 6.76. The lowest BCUT2D eigenvalue weighted by Crippen LogP contribution is -2.35. The first-order valence-electron chi connectivity index (χ1n) is 7.52. The molecule has 1 amide bonds. The Morgan fingerprint density at radius 2 is 2.30 bits per heavy atom. The molecule has 2 aromatic rings. The predicted molar refractivity (Wildman–Crippen MR) is 94.1 cm³/mol. The zero-order chi connectivity index (χ0) is 15.7. The summed E-state index contributed by atoms with van der Waals surface area (Å²) in [6, 6.07) is 2.01. The Labute approximate surface area is 144 Å². The Hall–Kier alpha value is -1.44. The number of hydrogen-bond donors (Lipinski definition) is 1. The van der Waals surface area contributed by atoms with Crippen molar-refractivity contribution in [2.24, 2.45) is 11.7 Å². The molecule has 0 aliphatic carbocycles. The molecule has 2 atom stereocenters. The number of carbonyl (C=O) groups is 1. The van der Waals surface area contributed by atoms with Gasteiger partial charge in [0.15, 0.2) is 0 Å². The highest BCUT2D eigenvalue weighted by Crippen LogP contribution is 2.22. The molecule has 2 aromatic heterocycles. The average molecular weight is 357 g/mol. The summed E-state index contributed by atoms with van der Waals surface area (Å²) in [5.74, 6) is 0.478. The molecule has 6 nitrogen and oxygen atoms in total. The van der Waals surface area contributed by atoms with Crippen LogP contribution >= 0.6 is 23.7 Å². The van der Waals surface area contributed by atoms with Crippen LogP contribution in [0.3, 0.4) is 0 Å². The van der Waals surface area contributed by atoms with Gasteiger partial charge in [-0.3, -0.25) is 14.2 Å². The number of carbonyl (C=O) groups excluding carboxylic acids is 1. The van der Waals surface area contributed by atoms with Crippen LogP contribution in [0.2, 0.25) is 0 Å². The van der Waals surface area contributed by atoms with E-state index < -0.39 is 0 Å². The molecule has 0 saturated carbocycles. The number of rotatable bonds is 4. The zero-order valence-corrected chi connectivity index (χ0v) is 14.6. The fraction of sp³-hybridized carbons (Fsp3) is 0.533. The van der Waals surface area contributed by atoms with E-state index in [0.29, 0.717) is 30.8 Å². The maximum absolute atomic E-state index is 12.4. The Morgan fingerprint density at radius 1 is 1.52 bits per heavy atom. The average Bonchev–Trinajstić information content (AvgIpc) is 3.13. The molecular weight excluding hydrogens is 336 g/mol. The van der Waals surface area contributed by atoms with Crippen molar-refractivity contribution in [3.05, 3.63) is 28.1 Å². The van der Waals surface area contributed by atoms with Crippen LogP contribution in [-0.2, 0) is 11.3 Å². The van der Waals surface area contributed by atoms with E-state index in [0.717, 1.165) is 17.8 Å². The molecule has 0 spiro atoms. The maximum atomic E-state index is 12.4. The number of amides is 1. The summed E-state index contributed by atoms with van der Waals surface area (Å²) in [4.78, 5) is 31.5. The molecule has 2 unspecified atom stereocenters. The number of aromatic nitrogens is 2.